The van der Waals surface area contributed by atoms with E-state index in [1.807, 2.05) is 18.2 Å². The molecule has 3 aromatic rings. The Morgan fingerprint density at radius 2 is 1.83 bits per heavy atom. The maximum absolute atomic E-state index is 4.83. The fraction of sp³-hybridized carbons (Fsp3) is 0.190. The zero-order valence-corrected chi connectivity index (χ0v) is 13.6. The summed E-state index contributed by atoms with van der Waals surface area (Å²) in [6, 6.07) is 18.8. The normalized spacial score (nSPS) is 16.8. The molecule has 1 aliphatic heterocycles. The van der Waals surface area contributed by atoms with Gasteiger partial charge in [0.1, 0.15) is 5.82 Å². The standard InChI is InChI=1S/C21H21N3/c1-3-9-17(10-4-1)13-14-20(24-15-7-2-8-16-24)21-22-18-11-5-6-12-19(18)23-21/h1-7,9-14,20H,8,15-16H2,(H,22,23). The number of nitrogens with zero attached hydrogens (tertiary/aromatic N) is 2. The number of fused-ring (bicyclic) bond motifs is 1. The molecule has 1 unspecified atom stereocenters. The van der Waals surface area contributed by atoms with E-state index in [9.17, 15) is 0 Å². The molecule has 1 aromatic heterocycles. The fourth-order valence-corrected chi connectivity index (χ4v) is 3.18. The van der Waals surface area contributed by atoms with E-state index < -0.39 is 0 Å². The van der Waals surface area contributed by atoms with Crippen LogP contribution in [0.15, 0.2) is 72.8 Å². The van der Waals surface area contributed by atoms with Gasteiger partial charge in [-0.3, -0.25) is 4.90 Å². The zero-order valence-electron chi connectivity index (χ0n) is 13.6. The second kappa shape index (κ2) is 6.85. The van der Waals surface area contributed by atoms with Crippen LogP contribution in [-0.4, -0.2) is 28.0 Å². The predicted octanol–water partition coefficient (Wildman–Crippen LogP) is 4.58. The molecule has 0 saturated carbocycles. The smallest absolute Gasteiger partial charge is 0.128 e. The molecule has 1 atom stereocenters. The first-order chi connectivity index (χ1) is 11.9. The lowest BCUT2D eigenvalue weighted by molar-refractivity contribution is 0.247. The number of para-hydroxylation sites is 2. The molecule has 4 rings (SSSR count). The summed E-state index contributed by atoms with van der Waals surface area (Å²) in [5, 5.41) is 0. The van der Waals surface area contributed by atoms with Crippen molar-refractivity contribution in [2.24, 2.45) is 0 Å². The lowest BCUT2D eigenvalue weighted by Crippen LogP contribution is -2.31. The maximum atomic E-state index is 4.83. The van der Waals surface area contributed by atoms with E-state index in [0.717, 1.165) is 36.4 Å². The van der Waals surface area contributed by atoms with Gasteiger partial charge in [0, 0.05) is 13.1 Å². The zero-order chi connectivity index (χ0) is 16.2. The van der Waals surface area contributed by atoms with Crippen molar-refractivity contribution in [3.8, 4) is 0 Å². The Kier molecular flexibility index (Phi) is 4.26. The second-order valence-electron chi connectivity index (χ2n) is 6.11. The number of hydrogen-bond donors (Lipinski definition) is 1. The summed E-state index contributed by atoms with van der Waals surface area (Å²) in [7, 11) is 0. The van der Waals surface area contributed by atoms with Crippen LogP contribution in [-0.2, 0) is 0 Å². The number of rotatable bonds is 4. The third kappa shape index (κ3) is 3.17. The molecule has 1 N–H and O–H groups in total. The highest BCUT2D eigenvalue weighted by Gasteiger charge is 2.21. The highest BCUT2D eigenvalue weighted by molar-refractivity contribution is 5.75. The van der Waals surface area contributed by atoms with Gasteiger partial charge in [-0.2, -0.15) is 0 Å². The minimum absolute atomic E-state index is 0.155. The Labute approximate surface area is 142 Å². The van der Waals surface area contributed by atoms with Crippen molar-refractivity contribution in [3.05, 3.63) is 84.2 Å². The van der Waals surface area contributed by atoms with E-state index in [1.165, 1.54) is 5.56 Å². The number of aromatic amines is 1. The Bertz CT molecular complexity index is 828. The van der Waals surface area contributed by atoms with Gasteiger partial charge in [-0.25, -0.2) is 4.98 Å². The quantitative estimate of drug-likeness (QED) is 0.715. The molecular weight excluding hydrogens is 294 g/mol. The fourth-order valence-electron chi connectivity index (χ4n) is 3.18. The van der Waals surface area contributed by atoms with Crippen molar-refractivity contribution in [2.75, 3.05) is 13.1 Å². The highest BCUT2D eigenvalue weighted by Crippen LogP contribution is 2.25. The lowest BCUT2D eigenvalue weighted by Gasteiger charge is -2.29. The van der Waals surface area contributed by atoms with Crippen LogP contribution in [0.4, 0.5) is 0 Å². The van der Waals surface area contributed by atoms with E-state index in [0.29, 0.717) is 0 Å². The Morgan fingerprint density at radius 3 is 2.62 bits per heavy atom. The molecule has 0 spiro atoms. The van der Waals surface area contributed by atoms with Gasteiger partial charge in [0.15, 0.2) is 0 Å². The highest BCUT2D eigenvalue weighted by atomic mass is 15.2. The monoisotopic (exact) mass is 315 g/mol. The molecule has 0 amide bonds. The lowest BCUT2D eigenvalue weighted by atomic mass is 10.1. The first-order valence-electron chi connectivity index (χ1n) is 8.47. The predicted molar refractivity (Wildman–Crippen MR) is 99.6 cm³/mol. The summed E-state index contributed by atoms with van der Waals surface area (Å²) in [5.41, 5.74) is 3.34. The van der Waals surface area contributed by atoms with Gasteiger partial charge >= 0.3 is 0 Å². The molecule has 2 heterocycles. The molecule has 0 saturated heterocycles. The topological polar surface area (TPSA) is 31.9 Å². The maximum Gasteiger partial charge on any atom is 0.128 e. The van der Waals surface area contributed by atoms with Crippen molar-refractivity contribution >= 4 is 17.1 Å². The number of H-pyrrole nitrogens is 1. The molecule has 24 heavy (non-hydrogen) atoms. The van der Waals surface area contributed by atoms with Crippen LogP contribution in [0.1, 0.15) is 23.9 Å². The SMILES string of the molecule is C1=CCN(C(C=Cc2ccccc2)c2nc3ccccc3[nH]2)CC1. The van der Waals surface area contributed by atoms with E-state index in [1.54, 1.807) is 0 Å². The molecule has 3 nitrogen and oxygen atoms in total. The van der Waals surface area contributed by atoms with Crippen LogP contribution in [0.5, 0.6) is 0 Å². The summed E-state index contributed by atoms with van der Waals surface area (Å²) in [6.07, 6.45) is 10.0. The third-order valence-electron chi connectivity index (χ3n) is 4.44. The van der Waals surface area contributed by atoms with E-state index >= 15 is 0 Å². The molecule has 0 aliphatic carbocycles. The summed E-state index contributed by atoms with van der Waals surface area (Å²) in [6.45, 7) is 2.01. The van der Waals surface area contributed by atoms with E-state index in [2.05, 4.69) is 70.6 Å². The van der Waals surface area contributed by atoms with Gasteiger partial charge in [-0.15, -0.1) is 0 Å². The van der Waals surface area contributed by atoms with E-state index in [-0.39, 0.29) is 6.04 Å². The van der Waals surface area contributed by atoms with Crippen molar-refractivity contribution in [3.63, 3.8) is 0 Å². The van der Waals surface area contributed by atoms with Crippen LogP contribution in [0.2, 0.25) is 0 Å². The van der Waals surface area contributed by atoms with Crippen molar-refractivity contribution < 1.29 is 0 Å². The average molecular weight is 315 g/mol. The number of benzene rings is 2. The summed E-state index contributed by atoms with van der Waals surface area (Å²) >= 11 is 0. The van der Waals surface area contributed by atoms with Gasteiger partial charge in [0.05, 0.1) is 17.1 Å². The van der Waals surface area contributed by atoms with Gasteiger partial charge in [-0.1, -0.05) is 66.8 Å². The summed E-state index contributed by atoms with van der Waals surface area (Å²) < 4.78 is 0. The van der Waals surface area contributed by atoms with Crippen molar-refractivity contribution in [1.82, 2.24) is 14.9 Å². The van der Waals surface area contributed by atoms with Crippen LogP contribution < -0.4 is 0 Å². The molecule has 1 aliphatic rings. The number of nitrogens with one attached hydrogen (secondary N) is 1. The largest absolute Gasteiger partial charge is 0.340 e. The number of hydrogen-bond acceptors (Lipinski definition) is 2. The van der Waals surface area contributed by atoms with Crippen LogP contribution in [0.25, 0.3) is 17.1 Å². The molecule has 0 fully saturated rings. The summed E-state index contributed by atoms with van der Waals surface area (Å²) in [5.74, 6) is 1.01. The van der Waals surface area contributed by atoms with Gasteiger partial charge in [-0.05, 0) is 24.1 Å². The van der Waals surface area contributed by atoms with Crippen molar-refractivity contribution in [2.45, 2.75) is 12.5 Å². The van der Waals surface area contributed by atoms with Gasteiger partial charge < -0.3 is 4.98 Å². The number of aromatic nitrogens is 2. The van der Waals surface area contributed by atoms with Crippen molar-refractivity contribution in [1.29, 1.82) is 0 Å². The first-order valence-corrected chi connectivity index (χ1v) is 8.47. The third-order valence-corrected chi connectivity index (χ3v) is 4.44. The molecule has 0 bridgehead atoms. The minimum atomic E-state index is 0.155. The van der Waals surface area contributed by atoms with Crippen LogP contribution in [0.3, 0.4) is 0 Å². The second-order valence-corrected chi connectivity index (χ2v) is 6.11. The molecule has 2 aromatic carbocycles. The summed E-state index contributed by atoms with van der Waals surface area (Å²) in [4.78, 5) is 10.8. The number of imidazole rings is 1. The first kappa shape index (κ1) is 14.9. The molecule has 120 valence electrons. The molecular formula is C21H21N3. The van der Waals surface area contributed by atoms with E-state index in [4.69, 9.17) is 4.98 Å². The average Bonchev–Trinajstić information content (AvgIpc) is 3.07. The molecule has 3 heteroatoms. The van der Waals surface area contributed by atoms with Gasteiger partial charge in [0.25, 0.3) is 0 Å². The molecule has 0 radical (unpaired) electrons. The Morgan fingerprint density at radius 1 is 1.00 bits per heavy atom. The van der Waals surface area contributed by atoms with Gasteiger partial charge in [0.2, 0.25) is 0 Å². The van der Waals surface area contributed by atoms with Crippen LogP contribution >= 0.6 is 0 Å². The Balaban J connectivity index is 1.69. The van der Waals surface area contributed by atoms with Crippen LogP contribution in [0, 0.1) is 0 Å². The minimum Gasteiger partial charge on any atom is -0.340 e. The Hall–Kier alpha value is -2.65.